The summed E-state index contributed by atoms with van der Waals surface area (Å²) in [6.07, 6.45) is 6.11. The Morgan fingerprint density at radius 1 is 0.905 bits per heavy atom. The maximum atomic E-state index is 10.7. The minimum absolute atomic E-state index is 0.0542. The van der Waals surface area contributed by atoms with E-state index in [0.29, 0.717) is 12.5 Å². The molecule has 128 valence electrons. The number of rotatable bonds is 13. The monoisotopic (exact) mass is 320 g/mol. The normalized spacial score (nSPS) is 19.0. The summed E-state index contributed by atoms with van der Waals surface area (Å²) >= 11 is 0. The van der Waals surface area contributed by atoms with Crippen LogP contribution in [-0.2, 0) is 13.3 Å². The lowest BCUT2D eigenvalue weighted by molar-refractivity contribution is -0.0544. The molecule has 0 spiro atoms. The van der Waals surface area contributed by atoms with E-state index < -0.39 is 9.05 Å². The van der Waals surface area contributed by atoms with Gasteiger partial charge in [-0.3, -0.25) is 0 Å². The molecule has 0 heterocycles. The fourth-order valence-electron chi connectivity index (χ4n) is 1.89. The zero-order valence-electron chi connectivity index (χ0n) is 14.9. The average Bonchev–Trinajstić information content (AvgIpc) is 2.47. The third-order valence-electron chi connectivity index (χ3n) is 3.89. The first-order valence-electron chi connectivity index (χ1n) is 8.62. The zero-order chi connectivity index (χ0) is 16.3. The molecule has 21 heavy (non-hydrogen) atoms. The van der Waals surface area contributed by atoms with Crippen molar-refractivity contribution in [2.24, 2.45) is 5.92 Å². The standard InChI is InChI=1S/C16H36O4Si/c1-7-11-12-16(10-4)13-18-21(17,19-14(5)8-2)20-15(6)9-3/h14-17H,7-13H2,1-6H3. The first-order valence-corrected chi connectivity index (χ1v) is 10.3. The summed E-state index contributed by atoms with van der Waals surface area (Å²) in [6.45, 7) is 12.8. The van der Waals surface area contributed by atoms with Crippen LogP contribution in [0.3, 0.4) is 0 Å². The molecule has 0 radical (unpaired) electrons. The lowest BCUT2D eigenvalue weighted by atomic mass is 10.0. The van der Waals surface area contributed by atoms with Crippen molar-refractivity contribution in [3.8, 4) is 0 Å². The molecular weight excluding hydrogens is 284 g/mol. The van der Waals surface area contributed by atoms with Gasteiger partial charge in [0.25, 0.3) is 0 Å². The first-order chi connectivity index (χ1) is 9.90. The highest BCUT2D eigenvalue weighted by Crippen LogP contribution is 2.19. The molecule has 0 rings (SSSR count). The van der Waals surface area contributed by atoms with Gasteiger partial charge in [-0.05, 0) is 39.0 Å². The highest BCUT2D eigenvalue weighted by molar-refractivity contribution is 6.52. The van der Waals surface area contributed by atoms with E-state index in [1.165, 1.54) is 12.8 Å². The molecule has 0 saturated carbocycles. The molecule has 0 aromatic carbocycles. The van der Waals surface area contributed by atoms with Gasteiger partial charge in [0.1, 0.15) is 0 Å². The third-order valence-corrected chi connectivity index (χ3v) is 5.83. The fourth-order valence-corrected chi connectivity index (χ4v) is 3.88. The van der Waals surface area contributed by atoms with E-state index in [9.17, 15) is 4.80 Å². The second-order valence-electron chi connectivity index (χ2n) is 5.92. The van der Waals surface area contributed by atoms with Gasteiger partial charge >= 0.3 is 9.05 Å². The van der Waals surface area contributed by atoms with E-state index in [0.717, 1.165) is 25.7 Å². The number of hydrogen-bond acceptors (Lipinski definition) is 4. The number of hydrogen-bond donors (Lipinski definition) is 1. The van der Waals surface area contributed by atoms with Crippen molar-refractivity contribution in [2.75, 3.05) is 6.61 Å². The van der Waals surface area contributed by atoms with Crippen molar-refractivity contribution in [3.05, 3.63) is 0 Å². The molecular formula is C16H36O4Si. The van der Waals surface area contributed by atoms with E-state index in [-0.39, 0.29) is 12.2 Å². The number of unbranched alkanes of at least 4 members (excludes halogenated alkanes) is 1. The van der Waals surface area contributed by atoms with Crippen LogP contribution in [0.15, 0.2) is 0 Å². The van der Waals surface area contributed by atoms with Crippen LogP contribution in [0.1, 0.15) is 80.1 Å². The van der Waals surface area contributed by atoms with Crippen LogP contribution in [0.25, 0.3) is 0 Å². The molecule has 0 bridgehead atoms. The van der Waals surface area contributed by atoms with E-state index in [1.54, 1.807) is 0 Å². The van der Waals surface area contributed by atoms with Gasteiger partial charge in [0.15, 0.2) is 0 Å². The van der Waals surface area contributed by atoms with E-state index in [1.807, 2.05) is 27.7 Å². The Hall–Kier alpha value is 0.0569. The largest absolute Gasteiger partial charge is 0.677 e. The minimum Gasteiger partial charge on any atom is -0.367 e. The maximum Gasteiger partial charge on any atom is 0.677 e. The SMILES string of the molecule is CCCCC(CC)CO[Si](O)(OC(C)CC)OC(C)CC. The van der Waals surface area contributed by atoms with Gasteiger partial charge < -0.3 is 18.1 Å². The second-order valence-corrected chi connectivity index (χ2v) is 7.73. The molecule has 0 aliphatic heterocycles. The summed E-state index contributed by atoms with van der Waals surface area (Å²) < 4.78 is 17.2. The zero-order valence-corrected chi connectivity index (χ0v) is 15.9. The summed E-state index contributed by atoms with van der Waals surface area (Å²) in [7, 11) is -3.54. The first kappa shape index (κ1) is 21.1. The van der Waals surface area contributed by atoms with Crippen LogP contribution in [-0.4, -0.2) is 32.7 Å². The molecule has 0 saturated heterocycles. The van der Waals surface area contributed by atoms with Gasteiger partial charge in [-0.2, -0.15) is 0 Å². The van der Waals surface area contributed by atoms with E-state index in [2.05, 4.69) is 13.8 Å². The van der Waals surface area contributed by atoms with Crippen LogP contribution >= 0.6 is 0 Å². The Bertz CT molecular complexity index is 238. The molecule has 0 fully saturated rings. The second kappa shape index (κ2) is 11.6. The summed E-state index contributed by atoms with van der Waals surface area (Å²) in [5, 5.41) is 0. The Balaban J connectivity index is 4.56. The summed E-state index contributed by atoms with van der Waals surface area (Å²) in [6, 6.07) is 0. The molecule has 3 unspecified atom stereocenters. The quantitative estimate of drug-likeness (QED) is 0.515. The Morgan fingerprint density at radius 3 is 1.81 bits per heavy atom. The molecule has 0 aliphatic carbocycles. The smallest absolute Gasteiger partial charge is 0.367 e. The summed E-state index contributed by atoms with van der Waals surface area (Å²) in [5.41, 5.74) is 0. The van der Waals surface area contributed by atoms with Crippen molar-refractivity contribution in [1.82, 2.24) is 0 Å². The van der Waals surface area contributed by atoms with Crippen LogP contribution < -0.4 is 0 Å². The van der Waals surface area contributed by atoms with Crippen LogP contribution in [0.2, 0.25) is 0 Å². The minimum atomic E-state index is -3.54. The van der Waals surface area contributed by atoms with Gasteiger partial charge in [-0.15, -0.1) is 0 Å². The lowest BCUT2D eigenvalue weighted by Gasteiger charge is -2.29. The van der Waals surface area contributed by atoms with Gasteiger partial charge in [0.2, 0.25) is 0 Å². The summed E-state index contributed by atoms with van der Waals surface area (Å²) in [5.74, 6) is 0.463. The van der Waals surface area contributed by atoms with Gasteiger partial charge in [-0.25, -0.2) is 0 Å². The fraction of sp³-hybridized carbons (Fsp3) is 1.00. The Kier molecular flexibility index (Phi) is 11.6. The van der Waals surface area contributed by atoms with Crippen molar-refractivity contribution >= 4 is 9.05 Å². The molecule has 5 heteroatoms. The molecule has 3 atom stereocenters. The van der Waals surface area contributed by atoms with E-state index >= 15 is 0 Å². The maximum absolute atomic E-state index is 10.7. The van der Waals surface area contributed by atoms with Crippen molar-refractivity contribution < 1.29 is 18.1 Å². The topological polar surface area (TPSA) is 47.9 Å². The Morgan fingerprint density at radius 2 is 1.43 bits per heavy atom. The predicted molar refractivity (Wildman–Crippen MR) is 88.9 cm³/mol. The average molecular weight is 321 g/mol. The molecule has 0 aliphatic rings. The van der Waals surface area contributed by atoms with E-state index in [4.69, 9.17) is 13.3 Å². The van der Waals surface area contributed by atoms with Crippen LogP contribution in [0.5, 0.6) is 0 Å². The molecule has 1 N–H and O–H groups in total. The van der Waals surface area contributed by atoms with Crippen LogP contribution in [0.4, 0.5) is 0 Å². The predicted octanol–water partition coefficient (Wildman–Crippen LogP) is 4.28. The highest BCUT2D eigenvalue weighted by atomic mass is 28.4. The summed E-state index contributed by atoms with van der Waals surface area (Å²) in [4.78, 5) is 10.7. The highest BCUT2D eigenvalue weighted by Gasteiger charge is 2.44. The van der Waals surface area contributed by atoms with Crippen molar-refractivity contribution in [2.45, 2.75) is 92.3 Å². The lowest BCUT2D eigenvalue weighted by Crippen LogP contribution is -2.51. The van der Waals surface area contributed by atoms with Gasteiger partial charge in [0.05, 0.1) is 0 Å². The van der Waals surface area contributed by atoms with Crippen molar-refractivity contribution in [1.29, 1.82) is 0 Å². The van der Waals surface area contributed by atoms with Crippen molar-refractivity contribution in [3.63, 3.8) is 0 Å². The van der Waals surface area contributed by atoms with Crippen LogP contribution in [0, 0.1) is 5.92 Å². The molecule has 0 amide bonds. The molecule has 4 nitrogen and oxygen atoms in total. The van der Waals surface area contributed by atoms with Gasteiger partial charge in [0, 0.05) is 18.8 Å². The molecule has 0 aromatic heterocycles. The third kappa shape index (κ3) is 9.63. The Labute approximate surface area is 132 Å². The van der Waals surface area contributed by atoms with Gasteiger partial charge in [-0.1, -0.05) is 47.0 Å². The molecule has 0 aromatic rings.